The summed E-state index contributed by atoms with van der Waals surface area (Å²) in [5, 5.41) is 12.0. The number of aromatic nitrogens is 1. The number of halogens is 1. The third kappa shape index (κ3) is 3.59. The summed E-state index contributed by atoms with van der Waals surface area (Å²) in [5.41, 5.74) is 1.11. The van der Waals surface area contributed by atoms with Crippen LogP contribution in [0.15, 0.2) is 48.7 Å². The van der Waals surface area contributed by atoms with E-state index in [0.717, 1.165) is 5.69 Å². The lowest BCUT2D eigenvalue weighted by atomic mass is 10.1. The zero-order chi connectivity index (χ0) is 13.7. The summed E-state index contributed by atoms with van der Waals surface area (Å²) in [6.07, 6.45) is 1.63. The summed E-state index contributed by atoms with van der Waals surface area (Å²) >= 11 is 0. The van der Waals surface area contributed by atoms with E-state index in [-0.39, 0.29) is 0 Å². The van der Waals surface area contributed by atoms with E-state index in [2.05, 4.69) is 10.3 Å². The van der Waals surface area contributed by atoms with Gasteiger partial charge in [0.25, 0.3) is 0 Å². The molecule has 1 aromatic heterocycles. The molecule has 0 radical (unpaired) electrons. The Hall–Kier alpha value is -2.27. The molecule has 5 heteroatoms. The molecule has 0 amide bonds. The van der Waals surface area contributed by atoms with Crippen molar-refractivity contribution in [2.45, 2.75) is 12.6 Å². The molecule has 0 aliphatic rings. The van der Waals surface area contributed by atoms with Gasteiger partial charge in [-0.3, -0.25) is 15.1 Å². The van der Waals surface area contributed by atoms with Crippen molar-refractivity contribution in [1.82, 2.24) is 10.3 Å². The maximum atomic E-state index is 13.1. The smallest absolute Gasteiger partial charge is 0.325 e. The number of carboxylic acid groups (broad SMARTS) is 1. The predicted molar refractivity (Wildman–Crippen MR) is 67.9 cm³/mol. The van der Waals surface area contributed by atoms with Crippen molar-refractivity contribution in [1.29, 1.82) is 0 Å². The van der Waals surface area contributed by atoms with Crippen LogP contribution >= 0.6 is 0 Å². The zero-order valence-corrected chi connectivity index (χ0v) is 10.1. The number of aliphatic carboxylic acids is 1. The molecule has 0 saturated heterocycles. The molecule has 0 saturated carbocycles. The molecule has 0 aliphatic heterocycles. The van der Waals surface area contributed by atoms with Crippen LogP contribution in [0.25, 0.3) is 0 Å². The van der Waals surface area contributed by atoms with E-state index in [1.54, 1.807) is 24.4 Å². The number of nitrogens with zero attached hydrogens (tertiary/aromatic N) is 1. The standard InChI is InChI=1S/C14H13FN2O2/c15-11-5-3-4-10(8-11)13(14(18)19)17-9-12-6-1-2-7-16-12/h1-8,13,17H,9H2,(H,18,19). The summed E-state index contributed by atoms with van der Waals surface area (Å²) in [7, 11) is 0. The van der Waals surface area contributed by atoms with Gasteiger partial charge in [-0.2, -0.15) is 0 Å². The Morgan fingerprint density at radius 1 is 1.32 bits per heavy atom. The quantitative estimate of drug-likeness (QED) is 0.864. The highest BCUT2D eigenvalue weighted by atomic mass is 19.1. The van der Waals surface area contributed by atoms with Crippen molar-refractivity contribution in [2.24, 2.45) is 0 Å². The lowest BCUT2D eigenvalue weighted by molar-refractivity contribution is -0.139. The van der Waals surface area contributed by atoms with Crippen LogP contribution in [-0.2, 0) is 11.3 Å². The van der Waals surface area contributed by atoms with Crippen molar-refractivity contribution in [3.63, 3.8) is 0 Å². The van der Waals surface area contributed by atoms with E-state index in [1.165, 1.54) is 18.2 Å². The minimum absolute atomic E-state index is 0.300. The molecule has 1 heterocycles. The van der Waals surface area contributed by atoms with Gasteiger partial charge >= 0.3 is 5.97 Å². The fraction of sp³-hybridized carbons (Fsp3) is 0.143. The van der Waals surface area contributed by atoms with Crippen LogP contribution in [0.3, 0.4) is 0 Å². The van der Waals surface area contributed by atoms with E-state index in [1.807, 2.05) is 6.07 Å². The van der Waals surface area contributed by atoms with Crippen molar-refractivity contribution < 1.29 is 14.3 Å². The topological polar surface area (TPSA) is 62.2 Å². The first-order valence-electron chi connectivity index (χ1n) is 5.78. The summed E-state index contributed by atoms with van der Waals surface area (Å²) in [5.74, 6) is -1.51. The van der Waals surface area contributed by atoms with Gasteiger partial charge in [-0.1, -0.05) is 18.2 Å². The number of pyridine rings is 1. The maximum absolute atomic E-state index is 13.1. The second-order valence-corrected chi connectivity index (χ2v) is 4.03. The molecular formula is C14H13FN2O2. The number of nitrogens with one attached hydrogen (secondary N) is 1. The van der Waals surface area contributed by atoms with Crippen LogP contribution in [0.4, 0.5) is 4.39 Å². The van der Waals surface area contributed by atoms with Gasteiger partial charge in [0.05, 0.1) is 5.69 Å². The van der Waals surface area contributed by atoms with E-state index in [0.29, 0.717) is 12.1 Å². The maximum Gasteiger partial charge on any atom is 0.325 e. The highest BCUT2D eigenvalue weighted by Crippen LogP contribution is 2.15. The molecule has 0 spiro atoms. The number of carbonyl (C=O) groups is 1. The average Bonchev–Trinajstić information content (AvgIpc) is 2.40. The fourth-order valence-electron chi connectivity index (χ4n) is 1.74. The van der Waals surface area contributed by atoms with Gasteiger partial charge < -0.3 is 5.11 Å². The molecule has 4 nitrogen and oxygen atoms in total. The third-order valence-electron chi connectivity index (χ3n) is 2.64. The molecular weight excluding hydrogens is 247 g/mol. The summed E-state index contributed by atoms with van der Waals surface area (Å²) < 4.78 is 13.1. The number of rotatable bonds is 5. The minimum atomic E-state index is -1.05. The monoisotopic (exact) mass is 260 g/mol. The fourth-order valence-corrected chi connectivity index (χ4v) is 1.74. The van der Waals surface area contributed by atoms with Crippen molar-refractivity contribution >= 4 is 5.97 Å². The van der Waals surface area contributed by atoms with Crippen LogP contribution in [0.1, 0.15) is 17.3 Å². The predicted octanol–water partition coefficient (Wildman–Crippen LogP) is 2.14. The van der Waals surface area contributed by atoms with Gasteiger partial charge in [0.15, 0.2) is 0 Å². The Kier molecular flexibility index (Phi) is 4.20. The highest BCUT2D eigenvalue weighted by Gasteiger charge is 2.19. The minimum Gasteiger partial charge on any atom is -0.480 e. The van der Waals surface area contributed by atoms with Gasteiger partial charge in [0.1, 0.15) is 11.9 Å². The number of hydrogen-bond donors (Lipinski definition) is 2. The van der Waals surface area contributed by atoms with E-state index in [4.69, 9.17) is 0 Å². The average molecular weight is 260 g/mol. The first kappa shape index (κ1) is 13.2. The molecule has 1 aromatic carbocycles. The Balaban J connectivity index is 2.11. The van der Waals surface area contributed by atoms with Crippen molar-refractivity contribution in [3.05, 3.63) is 65.7 Å². The molecule has 19 heavy (non-hydrogen) atoms. The molecule has 1 unspecified atom stereocenters. The number of benzene rings is 1. The molecule has 0 bridgehead atoms. The molecule has 2 aromatic rings. The SMILES string of the molecule is O=C(O)C(NCc1ccccn1)c1cccc(F)c1. The lowest BCUT2D eigenvalue weighted by Crippen LogP contribution is -2.28. The molecule has 1 atom stereocenters. The molecule has 2 N–H and O–H groups in total. The third-order valence-corrected chi connectivity index (χ3v) is 2.64. The van der Waals surface area contributed by atoms with E-state index < -0.39 is 17.8 Å². The second kappa shape index (κ2) is 6.06. The van der Waals surface area contributed by atoms with Crippen LogP contribution in [-0.4, -0.2) is 16.1 Å². The molecule has 2 rings (SSSR count). The summed E-state index contributed by atoms with van der Waals surface area (Å²) in [4.78, 5) is 15.3. The molecule has 98 valence electrons. The van der Waals surface area contributed by atoms with E-state index >= 15 is 0 Å². The summed E-state index contributed by atoms with van der Waals surface area (Å²) in [6, 6.07) is 9.99. The second-order valence-electron chi connectivity index (χ2n) is 4.03. The Bertz CT molecular complexity index is 560. The van der Waals surface area contributed by atoms with Gasteiger partial charge in [-0.05, 0) is 29.8 Å². The van der Waals surface area contributed by atoms with Crippen LogP contribution in [0.5, 0.6) is 0 Å². The first-order chi connectivity index (χ1) is 9.16. The van der Waals surface area contributed by atoms with Crippen molar-refractivity contribution in [3.8, 4) is 0 Å². The number of hydrogen-bond acceptors (Lipinski definition) is 3. The number of carboxylic acids is 1. The normalized spacial score (nSPS) is 12.1. The zero-order valence-electron chi connectivity index (χ0n) is 10.1. The van der Waals surface area contributed by atoms with Crippen LogP contribution < -0.4 is 5.32 Å². The highest BCUT2D eigenvalue weighted by molar-refractivity contribution is 5.75. The van der Waals surface area contributed by atoms with Gasteiger partial charge in [0.2, 0.25) is 0 Å². The van der Waals surface area contributed by atoms with E-state index in [9.17, 15) is 14.3 Å². The van der Waals surface area contributed by atoms with Gasteiger partial charge in [-0.25, -0.2) is 4.39 Å². The Labute approximate surface area is 109 Å². The van der Waals surface area contributed by atoms with Crippen LogP contribution in [0.2, 0.25) is 0 Å². The van der Waals surface area contributed by atoms with Crippen LogP contribution in [0, 0.1) is 5.82 Å². The van der Waals surface area contributed by atoms with Gasteiger partial charge in [0, 0.05) is 12.7 Å². The van der Waals surface area contributed by atoms with Crippen molar-refractivity contribution in [2.75, 3.05) is 0 Å². The molecule has 0 aliphatic carbocycles. The Morgan fingerprint density at radius 2 is 2.16 bits per heavy atom. The lowest BCUT2D eigenvalue weighted by Gasteiger charge is -2.14. The molecule has 0 fully saturated rings. The first-order valence-corrected chi connectivity index (χ1v) is 5.78. The summed E-state index contributed by atoms with van der Waals surface area (Å²) in [6.45, 7) is 0.300. The Morgan fingerprint density at radius 3 is 2.79 bits per heavy atom. The largest absolute Gasteiger partial charge is 0.480 e. The van der Waals surface area contributed by atoms with Gasteiger partial charge in [-0.15, -0.1) is 0 Å².